The largest absolute Gasteiger partial charge is 0.478 e. The van der Waals surface area contributed by atoms with Crippen molar-refractivity contribution < 1.29 is 14.6 Å². The molecule has 5 nitrogen and oxygen atoms in total. The van der Waals surface area contributed by atoms with Crippen molar-refractivity contribution in [2.75, 3.05) is 25.2 Å². The topological polar surface area (TPSA) is 62.7 Å². The minimum absolute atomic E-state index is 0.0741. The molecule has 1 aromatic rings. The molecule has 1 heterocycles. The normalized spacial score (nSPS) is 10.8. The van der Waals surface area contributed by atoms with E-state index in [1.165, 1.54) is 12.3 Å². The van der Waals surface area contributed by atoms with Gasteiger partial charge in [0.1, 0.15) is 5.82 Å². The maximum atomic E-state index is 11.2. The quantitative estimate of drug-likeness (QED) is 0.799. The summed E-state index contributed by atoms with van der Waals surface area (Å²) in [7, 11) is 1.63. The average molecular weight is 301 g/mol. The Morgan fingerprint density at radius 2 is 2.15 bits per heavy atom. The van der Waals surface area contributed by atoms with Gasteiger partial charge in [-0.15, -0.1) is 0 Å². The molecule has 0 saturated carbocycles. The lowest BCUT2D eigenvalue weighted by atomic mass is 10.1. The maximum Gasteiger partial charge on any atom is 0.337 e. The highest BCUT2D eigenvalue weighted by Gasteiger charge is 2.22. The van der Waals surface area contributed by atoms with Crippen molar-refractivity contribution in [3.05, 3.63) is 22.8 Å². The van der Waals surface area contributed by atoms with Crippen molar-refractivity contribution in [2.24, 2.45) is 0 Å². The number of halogens is 1. The number of carbonyl (C=O) groups is 1. The zero-order chi connectivity index (χ0) is 15.1. The standard InChI is InChI=1S/C14H21ClN2O3/c1-4-10(5-2)17(8-9-20-3)13-12(15)11(14(18)19)6-7-16-13/h6-7,10H,4-5,8-9H2,1-3H3,(H,18,19). The number of carboxylic acids is 1. The number of ether oxygens (including phenoxy) is 1. The van der Waals surface area contributed by atoms with E-state index in [0.29, 0.717) is 19.0 Å². The zero-order valence-corrected chi connectivity index (χ0v) is 12.9. The Bertz CT molecular complexity index is 450. The highest BCUT2D eigenvalue weighted by atomic mass is 35.5. The molecular formula is C14H21ClN2O3. The number of aromatic nitrogens is 1. The summed E-state index contributed by atoms with van der Waals surface area (Å²) in [5, 5.41) is 9.33. The molecule has 0 unspecified atom stereocenters. The molecule has 0 bridgehead atoms. The molecule has 1 aromatic heterocycles. The van der Waals surface area contributed by atoms with Crippen molar-refractivity contribution in [2.45, 2.75) is 32.7 Å². The number of nitrogens with zero attached hydrogens (tertiary/aromatic N) is 2. The zero-order valence-electron chi connectivity index (χ0n) is 12.1. The lowest BCUT2D eigenvalue weighted by Gasteiger charge is -2.32. The predicted molar refractivity (Wildman–Crippen MR) is 79.8 cm³/mol. The molecule has 0 spiro atoms. The summed E-state index contributed by atoms with van der Waals surface area (Å²) in [5.41, 5.74) is 0.0741. The van der Waals surface area contributed by atoms with E-state index in [1.54, 1.807) is 7.11 Å². The first-order valence-corrected chi connectivity index (χ1v) is 7.07. The van der Waals surface area contributed by atoms with Gasteiger partial charge in [0, 0.05) is 25.9 Å². The van der Waals surface area contributed by atoms with Crippen LogP contribution < -0.4 is 4.90 Å². The van der Waals surface area contributed by atoms with Crippen LogP contribution in [0.25, 0.3) is 0 Å². The van der Waals surface area contributed by atoms with Crippen LogP contribution in [0, 0.1) is 0 Å². The monoisotopic (exact) mass is 300 g/mol. The second-order valence-corrected chi connectivity index (χ2v) is 4.84. The van der Waals surface area contributed by atoms with E-state index >= 15 is 0 Å². The first-order chi connectivity index (χ1) is 9.56. The van der Waals surface area contributed by atoms with Crippen LogP contribution in [0.15, 0.2) is 12.3 Å². The van der Waals surface area contributed by atoms with Gasteiger partial charge in [-0.3, -0.25) is 0 Å². The molecule has 112 valence electrons. The second kappa shape index (κ2) is 8.07. The first kappa shape index (κ1) is 16.7. The Balaban J connectivity index is 3.19. The number of hydrogen-bond acceptors (Lipinski definition) is 4. The number of carboxylic acid groups (broad SMARTS) is 1. The van der Waals surface area contributed by atoms with Crippen LogP contribution >= 0.6 is 11.6 Å². The molecular weight excluding hydrogens is 280 g/mol. The minimum atomic E-state index is -1.05. The number of rotatable bonds is 8. The molecule has 0 aliphatic heterocycles. The summed E-state index contributed by atoms with van der Waals surface area (Å²) in [5.74, 6) is -0.535. The average Bonchev–Trinajstić information content (AvgIpc) is 2.44. The predicted octanol–water partition coefficient (Wildman–Crippen LogP) is 3.07. The van der Waals surface area contributed by atoms with Gasteiger partial charge in [0.05, 0.1) is 17.2 Å². The Labute approximate surface area is 124 Å². The lowest BCUT2D eigenvalue weighted by Crippen LogP contribution is -2.38. The van der Waals surface area contributed by atoms with Crippen LogP contribution in [0.1, 0.15) is 37.0 Å². The number of pyridine rings is 1. The van der Waals surface area contributed by atoms with Crippen molar-refractivity contribution in [3.63, 3.8) is 0 Å². The van der Waals surface area contributed by atoms with Gasteiger partial charge in [-0.05, 0) is 18.9 Å². The van der Waals surface area contributed by atoms with E-state index in [-0.39, 0.29) is 16.6 Å². The van der Waals surface area contributed by atoms with Gasteiger partial charge in [-0.2, -0.15) is 0 Å². The van der Waals surface area contributed by atoms with Gasteiger partial charge in [0.25, 0.3) is 0 Å². The fourth-order valence-corrected chi connectivity index (χ4v) is 2.48. The van der Waals surface area contributed by atoms with E-state index in [1.807, 2.05) is 4.90 Å². The molecule has 0 saturated heterocycles. The summed E-state index contributed by atoms with van der Waals surface area (Å²) in [6.45, 7) is 5.33. The Morgan fingerprint density at radius 3 is 2.65 bits per heavy atom. The second-order valence-electron chi connectivity index (χ2n) is 4.46. The van der Waals surface area contributed by atoms with Gasteiger partial charge >= 0.3 is 5.97 Å². The van der Waals surface area contributed by atoms with Crippen LogP contribution in [0.4, 0.5) is 5.82 Å². The SMILES string of the molecule is CCC(CC)N(CCOC)c1nccc(C(=O)O)c1Cl. The first-order valence-electron chi connectivity index (χ1n) is 6.70. The molecule has 1 N–H and O–H groups in total. The van der Waals surface area contributed by atoms with E-state index in [2.05, 4.69) is 18.8 Å². The summed E-state index contributed by atoms with van der Waals surface area (Å²) in [6, 6.07) is 1.66. The molecule has 0 aromatic carbocycles. The number of methoxy groups -OCH3 is 1. The van der Waals surface area contributed by atoms with E-state index in [9.17, 15) is 4.79 Å². The Hall–Kier alpha value is -1.33. The van der Waals surface area contributed by atoms with Crippen LogP contribution in [0.3, 0.4) is 0 Å². The Kier molecular flexibility index (Phi) is 6.75. The smallest absolute Gasteiger partial charge is 0.337 e. The molecule has 0 radical (unpaired) electrons. The van der Waals surface area contributed by atoms with Crippen molar-refractivity contribution in [3.8, 4) is 0 Å². The minimum Gasteiger partial charge on any atom is -0.478 e. The molecule has 0 fully saturated rings. The molecule has 0 aliphatic carbocycles. The van der Waals surface area contributed by atoms with Crippen LogP contribution in [-0.2, 0) is 4.74 Å². The molecule has 1 rings (SSSR count). The molecule has 0 amide bonds. The highest BCUT2D eigenvalue weighted by molar-refractivity contribution is 6.35. The number of aromatic carboxylic acids is 1. The third-order valence-corrected chi connectivity index (χ3v) is 3.67. The van der Waals surface area contributed by atoms with Crippen molar-refractivity contribution in [1.82, 2.24) is 4.98 Å². The molecule has 6 heteroatoms. The van der Waals surface area contributed by atoms with Gasteiger partial charge in [0.2, 0.25) is 0 Å². The number of anilines is 1. The van der Waals surface area contributed by atoms with E-state index in [0.717, 1.165) is 12.8 Å². The van der Waals surface area contributed by atoms with Crippen LogP contribution in [0.5, 0.6) is 0 Å². The molecule has 0 aliphatic rings. The fraction of sp³-hybridized carbons (Fsp3) is 0.571. The van der Waals surface area contributed by atoms with E-state index < -0.39 is 5.97 Å². The highest BCUT2D eigenvalue weighted by Crippen LogP contribution is 2.29. The maximum absolute atomic E-state index is 11.2. The summed E-state index contributed by atoms with van der Waals surface area (Å²) in [6.07, 6.45) is 3.33. The summed E-state index contributed by atoms with van der Waals surface area (Å²) < 4.78 is 5.12. The van der Waals surface area contributed by atoms with Gasteiger partial charge in [-0.25, -0.2) is 9.78 Å². The van der Waals surface area contributed by atoms with Gasteiger partial charge in [0.15, 0.2) is 0 Å². The van der Waals surface area contributed by atoms with Gasteiger partial charge < -0.3 is 14.7 Å². The molecule has 0 atom stereocenters. The van der Waals surface area contributed by atoms with Crippen molar-refractivity contribution >= 4 is 23.4 Å². The summed E-state index contributed by atoms with van der Waals surface area (Å²) in [4.78, 5) is 17.5. The fourth-order valence-electron chi connectivity index (χ4n) is 2.18. The molecule has 20 heavy (non-hydrogen) atoms. The van der Waals surface area contributed by atoms with Crippen LogP contribution in [-0.4, -0.2) is 42.4 Å². The van der Waals surface area contributed by atoms with E-state index in [4.69, 9.17) is 21.4 Å². The lowest BCUT2D eigenvalue weighted by molar-refractivity contribution is 0.0697. The third kappa shape index (κ3) is 3.84. The summed E-state index contributed by atoms with van der Waals surface area (Å²) >= 11 is 6.21. The van der Waals surface area contributed by atoms with Crippen LogP contribution in [0.2, 0.25) is 5.02 Å². The van der Waals surface area contributed by atoms with Gasteiger partial charge in [-0.1, -0.05) is 25.4 Å². The number of hydrogen-bond donors (Lipinski definition) is 1. The third-order valence-electron chi connectivity index (χ3n) is 3.29. The Morgan fingerprint density at radius 1 is 1.50 bits per heavy atom. The van der Waals surface area contributed by atoms with Crippen molar-refractivity contribution in [1.29, 1.82) is 0 Å².